The minimum atomic E-state index is -0.956. The molecule has 36 heavy (non-hydrogen) atoms. The minimum Gasteiger partial charge on any atom is -0.458 e. The number of hydrogen-bond donors (Lipinski definition) is 4. The molecular formula is C28H42N2O6. The maximum Gasteiger partial charge on any atom is 0.331 e. The van der Waals surface area contributed by atoms with Gasteiger partial charge in [-0.1, -0.05) is 13.8 Å². The van der Waals surface area contributed by atoms with E-state index in [4.69, 9.17) is 4.74 Å². The number of amides is 2. The van der Waals surface area contributed by atoms with Gasteiger partial charge in [0.05, 0.1) is 17.8 Å². The highest BCUT2D eigenvalue weighted by atomic mass is 16.5. The molecule has 4 N–H and O–H groups in total. The van der Waals surface area contributed by atoms with Crippen molar-refractivity contribution < 1.29 is 29.6 Å². The minimum absolute atomic E-state index is 0.0236. The third-order valence-corrected chi connectivity index (χ3v) is 11.9. The van der Waals surface area contributed by atoms with E-state index in [1.165, 1.54) is 0 Å². The Hall–Kier alpha value is -1.64. The van der Waals surface area contributed by atoms with Crippen LogP contribution in [0.1, 0.15) is 71.6 Å². The van der Waals surface area contributed by atoms with Crippen molar-refractivity contribution in [2.24, 2.45) is 34.5 Å². The summed E-state index contributed by atoms with van der Waals surface area (Å²) in [5, 5.41) is 37.0. The van der Waals surface area contributed by atoms with Gasteiger partial charge in [0.1, 0.15) is 6.61 Å². The van der Waals surface area contributed by atoms with Crippen molar-refractivity contribution in [3.8, 4) is 0 Å². The smallest absolute Gasteiger partial charge is 0.331 e. The van der Waals surface area contributed by atoms with Crippen LogP contribution >= 0.6 is 0 Å². The number of rotatable bonds is 2. The Balaban J connectivity index is 1.19. The predicted molar refractivity (Wildman–Crippen MR) is 132 cm³/mol. The Kier molecular flexibility index (Phi) is 5.78. The lowest BCUT2D eigenvalue weighted by Crippen LogP contribution is -2.67. The molecule has 2 aliphatic heterocycles. The second-order valence-electron chi connectivity index (χ2n) is 13.2. The van der Waals surface area contributed by atoms with E-state index in [-0.39, 0.29) is 47.8 Å². The van der Waals surface area contributed by atoms with Gasteiger partial charge in [-0.05, 0) is 92.4 Å². The summed E-state index contributed by atoms with van der Waals surface area (Å²) in [5.41, 5.74) is -0.682. The molecule has 0 unspecified atom stereocenters. The summed E-state index contributed by atoms with van der Waals surface area (Å²) < 4.78 is 5.20. The lowest BCUT2D eigenvalue weighted by atomic mass is 9.42. The number of cyclic esters (lactones) is 1. The van der Waals surface area contributed by atoms with E-state index in [2.05, 4.69) is 12.2 Å². The van der Waals surface area contributed by atoms with Gasteiger partial charge in [0, 0.05) is 30.6 Å². The molecule has 1 saturated heterocycles. The normalized spacial score (nSPS) is 50.1. The van der Waals surface area contributed by atoms with E-state index in [1.807, 2.05) is 6.92 Å². The van der Waals surface area contributed by atoms with Crippen LogP contribution in [0.2, 0.25) is 0 Å². The van der Waals surface area contributed by atoms with Gasteiger partial charge in [-0.2, -0.15) is 0 Å². The van der Waals surface area contributed by atoms with E-state index >= 15 is 0 Å². The average Bonchev–Trinajstić information content (AvgIpc) is 3.53. The van der Waals surface area contributed by atoms with E-state index < -0.39 is 23.2 Å². The molecule has 8 heteroatoms. The molecule has 4 aliphatic carbocycles. The van der Waals surface area contributed by atoms with Crippen LogP contribution < -0.4 is 5.32 Å². The van der Waals surface area contributed by atoms with Crippen LogP contribution in [-0.2, 0) is 9.53 Å². The molecule has 0 bridgehead atoms. The molecule has 0 aromatic heterocycles. The van der Waals surface area contributed by atoms with Crippen LogP contribution in [0, 0.1) is 34.5 Å². The molecule has 2 heterocycles. The number of carbonyl (C=O) groups is 2. The number of hydrogen-bond acceptors (Lipinski definition) is 6. The number of aliphatic hydroxyl groups is 3. The number of nitrogens with one attached hydrogen (secondary N) is 1. The largest absolute Gasteiger partial charge is 0.458 e. The zero-order valence-electron chi connectivity index (χ0n) is 21.6. The Morgan fingerprint density at radius 2 is 1.89 bits per heavy atom. The van der Waals surface area contributed by atoms with E-state index in [0.29, 0.717) is 38.3 Å². The Morgan fingerprint density at radius 1 is 1.08 bits per heavy atom. The number of carbonyl (C=O) groups excluding carboxylic acids is 2. The van der Waals surface area contributed by atoms with Gasteiger partial charge in [0.15, 0.2) is 0 Å². The molecule has 6 rings (SSSR count). The number of likely N-dealkylation sites (tertiary alicyclic amines) is 1. The van der Waals surface area contributed by atoms with E-state index in [0.717, 1.165) is 44.1 Å². The van der Waals surface area contributed by atoms with Crippen LogP contribution in [0.25, 0.3) is 0 Å². The lowest BCUT2D eigenvalue weighted by Gasteiger charge is -2.65. The Morgan fingerprint density at radius 3 is 2.58 bits per heavy atom. The van der Waals surface area contributed by atoms with E-state index in [1.54, 1.807) is 11.0 Å². The molecule has 8 nitrogen and oxygen atoms in total. The monoisotopic (exact) mass is 502 g/mol. The van der Waals surface area contributed by atoms with Gasteiger partial charge in [0.2, 0.25) is 0 Å². The average molecular weight is 503 g/mol. The molecular weight excluding hydrogens is 460 g/mol. The van der Waals surface area contributed by atoms with Crippen molar-refractivity contribution >= 4 is 12.0 Å². The molecule has 0 radical (unpaired) electrons. The topological polar surface area (TPSA) is 119 Å². The fraction of sp³-hybridized carbons (Fsp3) is 0.857. The molecule has 10 atom stereocenters. The van der Waals surface area contributed by atoms with Crippen molar-refractivity contribution in [1.82, 2.24) is 10.2 Å². The molecule has 5 fully saturated rings. The fourth-order valence-electron chi connectivity index (χ4n) is 9.71. The quantitative estimate of drug-likeness (QED) is 0.431. The summed E-state index contributed by atoms with van der Waals surface area (Å²) in [4.78, 5) is 26.2. The second-order valence-corrected chi connectivity index (χ2v) is 13.2. The standard InChI is InChI=1S/C28H42N2O6/c1-26-8-5-18(29-25(34)30-10-7-19(31)14-30)12-17(26)3-4-21-22(26)13-23(32)27(2)20(6-9-28(21,27)35)16-11-24(33)36-15-16/h11,17-23,31-32,35H,3-10,12-15H2,1-2H3,(H,29,34)/t17-,18+,19-,20-,21-,22+,23-,26+,27+,28+/m1/s1. The van der Waals surface area contributed by atoms with Gasteiger partial charge in [-0.3, -0.25) is 0 Å². The molecule has 0 spiro atoms. The van der Waals surface area contributed by atoms with Crippen LogP contribution in [0.4, 0.5) is 4.79 Å². The van der Waals surface area contributed by atoms with Gasteiger partial charge in [-0.25, -0.2) is 9.59 Å². The molecule has 6 aliphatic rings. The predicted octanol–water partition coefficient (Wildman–Crippen LogP) is 2.36. The van der Waals surface area contributed by atoms with Gasteiger partial charge >= 0.3 is 12.0 Å². The van der Waals surface area contributed by atoms with Gasteiger partial charge < -0.3 is 30.3 Å². The second kappa shape index (κ2) is 8.43. The zero-order valence-corrected chi connectivity index (χ0v) is 21.6. The van der Waals surface area contributed by atoms with Crippen LogP contribution in [-0.4, -0.2) is 75.8 Å². The molecule has 4 saturated carbocycles. The lowest BCUT2D eigenvalue weighted by molar-refractivity contribution is -0.242. The highest BCUT2D eigenvalue weighted by Gasteiger charge is 2.70. The molecule has 0 aromatic carbocycles. The first-order chi connectivity index (χ1) is 17.1. The zero-order chi connectivity index (χ0) is 25.5. The molecule has 200 valence electrons. The van der Waals surface area contributed by atoms with Crippen molar-refractivity contribution in [2.45, 2.75) is 95.5 Å². The van der Waals surface area contributed by atoms with Gasteiger partial charge in [0.25, 0.3) is 0 Å². The highest BCUT2D eigenvalue weighted by molar-refractivity contribution is 5.85. The summed E-state index contributed by atoms with van der Waals surface area (Å²) in [6, 6.07) is 0.0714. The Bertz CT molecular complexity index is 970. The van der Waals surface area contributed by atoms with Crippen molar-refractivity contribution in [3.05, 3.63) is 11.6 Å². The van der Waals surface area contributed by atoms with Crippen LogP contribution in [0.15, 0.2) is 11.6 Å². The van der Waals surface area contributed by atoms with E-state index in [9.17, 15) is 24.9 Å². The maximum absolute atomic E-state index is 12.7. The summed E-state index contributed by atoms with van der Waals surface area (Å²) in [7, 11) is 0. The third-order valence-electron chi connectivity index (χ3n) is 11.9. The number of fused-ring (bicyclic) bond motifs is 5. The summed E-state index contributed by atoms with van der Waals surface area (Å²) in [6.07, 6.45) is 8.05. The fourth-order valence-corrected chi connectivity index (χ4v) is 9.71. The Labute approximate surface area is 213 Å². The summed E-state index contributed by atoms with van der Waals surface area (Å²) in [6.45, 7) is 5.71. The summed E-state index contributed by atoms with van der Waals surface area (Å²) >= 11 is 0. The summed E-state index contributed by atoms with van der Waals surface area (Å²) in [5.74, 6) is 0.468. The van der Waals surface area contributed by atoms with Crippen LogP contribution in [0.3, 0.4) is 0 Å². The van der Waals surface area contributed by atoms with Crippen molar-refractivity contribution in [1.29, 1.82) is 0 Å². The number of urea groups is 1. The highest BCUT2D eigenvalue weighted by Crippen LogP contribution is 2.69. The number of esters is 1. The van der Waals surface area contributed by atoms with Crippen molar-refractivity contribution in [2.75, 3.05) is 19.7 Å². The number of nitrogens with zero attached hydrogens (tertiary/aromatic N) is 1. The number of aliphatic hydroxyl groups excluding tert-OH is 2. The first-order valence-corrected chi connectivity index (χ1v) is 14.1. The number of β-amino-alcohol motifs (C(OH)–C–C–N with tert-alkyl or cyclic N) is 1. The van der Waals surface area contributed by atoms with Gasteiger partial charge in [-0.15, -0.1) is 0 Å². The number of ether oxygens (including phenoxy) is 1. The molecule has 0 aromatic rings. The maximum atomic E-state index is 12.7. The first-order valence-electron chi connectivity index (χ1n) is 14.1. The first kappa shape index (κ1) is 24.7. The SMILES string of the molecule is C[C@]12CC[C@H](NC(=O)N3CC[C@@H](O)C3)C[C@H]1CC[C@@H]1[C@@H]2C[C@@H](O)[C@]2(C)[C@@H](C3=CC(=O)OC3)CC[C@]12O. The van der Waals surface area contributed by atoms with Crippen LogP contribution in [0.5, 0.6) is 0 Å². The third kappa shape index (κ3) is 3.43. The van der Waals surface area contributed by atoms with Crippen molar-refractivity contribution in [3.63, 3.8) is 0 Å². The molecule has 2 amide bonds.